The van der Waals surface area contributed by atoms with E-state index < -0.39 is 5.97 Å². The van der Waals surface area contributed by atoms with E-state index in [1.54, 1.807) is 6.07 Å². The lowest BCUT2D eigenvalue weighted by Crippen LogP contribution is -2.21. The number of pyridine rings is 1. The fourth-order valence-electron chi connectivity index (χ4n) is 2.36. The van der Waals surface area contributed by atoms with Crippen molar-refractivity contribution in [1.29, 1.82) is 0 Å². The fourth-order valence-corrected chi connectivity index (χ4v) is 2.36. The van der Waals surface area contributed by atoms with Crippen molar-refractivity contribution in [3.05, 3.63) is 47.7 Å². The van der Waals surface area contributed by atoms with Gasteiger partial charge < -0.3 is 10.4 Å². The normalized spacial score (nSPS) is 15.3. The Morgan fingerprint density at radius 2 is 2.16 bits per heavy atom. The van der Waals surface area contributed by atoms with Crippen LogP contribution in [0.4, 0.5) is 0 Å². The number of nitrogens with one attached hydrogen (secondary N) is 1. The van der Waals surface area contributed by atoms with E-state index in [2.05, 4.69) is 10.3 Å². The largest absolute Gasteiger partial charge is 0.478 e. The average Bonchev–Trinajstić information content (AvgIpc) is 2.46. The van der Waals surface area contributed by atoms with Gasteiger partial charge in [0.25, 0.3) is 0 Å². The first-order chi connectivity index (χ1) is 9.25. The zero-order valence-corrected chi connectivity index (χ0v) is 10.4. The number of rotatable bonds is 2. The molecule has 1 aliphatic rings. The van der Waals surface area contributed by atoms with Crippen LogP contribution in [0.15, 0.2) is 36.4 Å². The van der Waals surface area contributed by atoms with E-state index >= 15 is 0 Å². The van der Waals surface area contributed by atoms with Gasteiger partial charge in [-0.05, 0) is 30.7 Å². The third-order valence-electron chi connectivity index (χ3n) is 3.32. The standard InChI is InChI=1S/C15H14N2O2/c18-15(19)12-9-11-3-1-2-4-13(11)17-14(12)10-5-7-16-8-6-10/h1-5,9,16H,6-8H2,(H,18,19). The van der Waals surface area contributed by atoms with Gasteiger partial charge in [-0.1, -0.05) is 24.3 Å². The summed E-state index contributed by atoms with van der Waals surface area (Å²) in [5, 5.41) is 13.5. The number of benzene rings is 1. The van der Waals surface area contributed by atoms with Crippen molar-refractivity contribution in [2.24, 2.45) is 0 Å². The molecule has 2 heterocycles. The molecule has 0 saturated heterocycles. The van der Waals surface area contributed by atoms with Crippen LogP contribution in [-0.2, 0) is 0 Å². The molecule has 0 saturated carbocycles. The molecule has 4 heteroatoms. The highest BCUT2D eigenvalue weighted by Crippen LogP contribution is 2.25. The van der Waals surface area contributed by atoms with Crippen molar-refractivity contribution in [1.82, 2.24) is 10.3 Å². The van der Waals surface area contributed by atoms with E-state index in [9.17, 15) is 9.90 Å². The van der Waals surface area contributed by atoms with Gasteiger partial charge in [-0.15, -0.1) is 0 Å². The van der Waals surface area contributed by atoms with Crippen molar-refractivity contribution < 1.29 is 9.90 Å². The zero-order chi connectivity index (χ0) is 13.2. The van der Waals surface area contributed by atoms with Gasteiger partial charge in [0, 0.05) is 11.9 Å². The Hall–Kier alpha value is -2.20. The molecule has 2 aromatic rings. The van der Waals surface area contributed by atoms with Gasteiger partial charge >= 0.3 is 5.97 Å². The molecular formula is C15H14N2O2. The number of aromatic nitrogens is 1. The van der Waals surface area contributed by atoms with Crippen LogP contribution in [0.3, 0.4) is 0 Å². The number of fused-ring (bicyclic) bond motifs is 1. The van der Waals surface area contributed by atoms with E-state index in [4.69, 9.17) is 0 Å². The number of hydrogen-bond acceptors (Lipinski definition) is 3. The van der Waals surface area contributed by atoms with E-state index in [0.717, 1.165) is 36.0 Å². The van der Waals surface area contributed by atoms with Crippen molar-refractivity contribution in [3.8, 4) is 0 Å². The summed E-state index contributed by atoms with van der Waals surface area (Å²) < 4.78 is 0. The Labute approximate surface area is 110 Å². The van der Waals surface area contributed by atoms with Crippen molar-refractivity contribution in [3.63, 3.8) is 0 Å². The summed E-state index contributed by atoms with van der Waals surface area (Å²) in [4.78, 5) is 16.0. The number of carboxylic acid groups (broad SMARTS) is 1. The minimum absolute atomic E-state index is 0.284. The number of carboxylic acids is 1. The van der Waals surface area contributed by atoms with Gasteiger partial charge in [0.2, 0.25) is 0 Å². The summed E-state index contributed by atoms with van der Waals surface area (Å²) in [6.07, 6.45) is 2.83. The molecule has 0 aliphatic carbocycles. The molecule has 19 heavy (non-hydrogen) atoms. The molecule has 4 nitrogen and oxygen atoms in total. The Morgan fingerprint density at radius 1 is 1.32 bits per heavy atom. The molecule has 0 amide bonds. The minimum Gasteiger partial charge on any atom is -0.478 e. The molecule has 0 bridgehead atoms. The maximum Gasteiger partial charge on any atom is 0.337 e. The summed E-state index contributed by atoms with van der Waals surface area (Å²) >= 11 is 0. The number of carbonyl (C=O) groups is 1. The summed E-state index contributed by atoms with van der Waals surface area (Å²) in [7, 11) is 0. The van der Waals surface area contributed by atoms with E-state index in [1.807, 2.05) is 30.3 Å². The van der Waals surface area contributed by atoms with Gasteiger partial charge in [-0.2, -0.15) is 0 Å². The molecule has 0 spiro atoms. The van der Waals surface area contributed by atoms with Crippen LogP contribution in [0.2, 0.25) is 0 Å². The topological polar surface area (TPSA) is 62.2 Å². The summed E-state index contributed by atoms with van der Waals surface area (Å²) in [5.41, 5.74) is 2.74. The molecule has 1 aromatic carbocycles. The molecule has 0 unspecified atom stereocenters. The first kappa shape index (κ1) is 11.9. The highest BCUT2D eigenvalue weighted by molar-refractivity contribution is 5.97. The Bertz CT molecular complexity index is 677. The molecular weight excluding hydrogens is 240 g/mol. The second kappa shape index (κ2) is 4.82. The third kappa shape index (κ3) is 2.22. The highest BCUT2D eigenvalue weighted by atomic mass is 16.4. The maximum absolute atomic E-state index is 11.4. The van der Waals surface area contributed by atoms with Gasteiger partial charge in [0.15, 0.2) is 0 Å². The lowest BCUT2D eigenvalue weighted by Gasteiger charge is -2.15. The van der Waals surface area contributed by atoms with Gasteiger partial charge in [0.1, 0.15) is 0 Å². The lowest BCUT2D eigenvalue weighted by molar-refractivity contribution is 0.0696. The molecule has 2 N–H and O–H groups in total. The summed E-state index contributed by atoms with van der Waals surface area (Å²) in [6, 6.07) is 9.31. The van der Waals surface area contributed by atoms with Crippen LogP contribution >= 0.6 is 0 Å². The SMILES string of the molecule is O=C(O)c1cc2ccccc2nc1C1=CCNCC1. The predicted molar refractivity (Wildman–Crippen MR) is 74.2 cm³/mol. The Morgan fingerprint density at radius 3 is 2.89 bits per heavy atom. The number of hydrogen-bond donors (Lipinski definition) is 2. The highest BCUT2D eigenvalue weighted by Gasteiger charge is 2.17. The average molecular weight is 254 g/mol. The third-order valence-corrected chi connectivity index (χ3v) is 3.32. The maximum atomic E-state index is 11.4. The number of aromatic carboxylic acids is 1. The first-order valence-corrected chi connectivity index (χ1v) is 6.29. The fraction of sp³-hybridized carbons (Fsp3) is 0.200. The van der Waals surface area contributed by atoms with Crippen LogP contribution in [0.5, 0.6) is 0 Å². The van der Waals surface area contributed by atoms with E-state index in [-0.39, 0.29) is 5.56 Å². The summed E-state index contributed by atoms with van der Waals surface area (Å²) in [6.45, 7) is 1.63. The van der Waals surface area contributed by atoms with Gasteiger partial charge in [-0.3, -0.25) is 0 Å². The van der Waals surface area contributed by atoms with Crippen molar-refractivity contribution >= 4 is 22.4 Å². The summed E-state index contributed by atoms with van der Waals surface area (Å²) in [5.74, 6) is -0.923. The Balaban J connectivity index is 2.23. The molecule has 1 aliphatic heterocycles. The molecule has 0 radical (unpaired) electrons. The minimum atomic E-state index is -0.923. The van der Waals surface area contributed by atoms with Crippen molar-refractivity contribution in [2.45, 2.75) is 6.42 Å². The van der Waals surface area contributed by atoms with Gasteiger partial charge in [0.05, 0.1) is 16.8 Å². The monoisotopic (exact) mass is 254 g/mol. The molecule has 96 valence electrons. The Kier molecular flexibility index (Phi) is 3.01. The first-order valence-electron chi connectivity index (χ1n) is 6.29. The second-order valence-electron chi connectivity index (χ2n) is 4.57. The van der Waals surface area contributed by atoms with Crippen LogP contribution in [0, 0.1) is 0 Å². The predicted octanol–water partition coefficient (Wildman–Crippen LogP) is 2.31. The van der Waals surface area contributed by atoms with Crippen LogP contribution < -0.4 is 5.32 Å². The quantitative estimate of drug-likeness (QED) is 0.863. The van der Waals surface area contributed by atoms with Crippen LogP contribution in [0.1, 0.15) is 22.5 Å². The zero-order valence-electron chi connectivity index (χ0n) is 10.4. The van der Waals surface area contributed by atoms with E-state index in [1.165, 1.54) is 0 Å². The lowest BCUT2D eigenvalue weighted by atomic mass is 9.99. The van der Waals surface area contributed by atoms with Gasteiger partial charge in [-0.25, -0.2) is 9.78 Å². The molecule has 0 fully saturated rings. The van der Waals surface area contributed by atoms with Crippen LogP contribution in [-0.4, -0.2) is 29.1 Å². The second-order valence-corrected chi connectivity index (χ2v) is 4.57. The number of nitrogens with zero attached hydrogens (tertiary/aromatic N) is 1. The smallest absolute Gasteiger partial charge is 0.337 e. The molecule has 1 aromatic heterocycles. The van der Waals surface area contributed by atoms with Crippen LogP contribution in [0.25, 0.3) is 16.5 Å². The number of para-hydroxylation sites is 1. The molecule has 0 atom stereocenters. The molecule has 3 rings (SSSR count). The van der Waals surface area contributed by atoms with Crippen molar-refractivity contribution in [2.75, 3.05) is 13.1 Å². The van der Waals surface area contributed by atoms with E-state index in [0.29, 0.717) is 5.69 Å².